The minimum atomic E-state index is 0.303. The molecule has 0 amide bonds. The largest absolute Gasteiger partial charge is 0.376 e. The van der Waals surface area contributed by atoms with E-state index in [0.717, 1.165) is 19.5 Å². The highest BCUT2D eigenvalue weighted by atomic mass is 16.5. The van der Waals surface area contributed by atoms with Crippen LogP contribution in [-0.2, 0) is 9.47 Å². The molecule has 0 saturated carbocycles. The summed E-state index contributed by atoms with van der Waals surface area (Å²) >= 11 is 0. The van der Waals surface area contributed by atoms with Crippen molar-refractivity contribution >= 4 is 0 Å². The van der Waals surface area contributed by atoms with Crippen LogP contribution in [-0.4, -0.2) is 38.5 Å². The van der Waals surface area contributed by atoms with Crippen molar-refractivity contribution in [3.8, 4) is 0 Å². The van der Waals surface area contributed by atoms with Gasteiger partial charge in [0.2, 0.25) is 0 Å². The second-order valence-corrected chi connectivity index (χ2v) is 4.49. The first-order valence-electron chi connectivity index (χ1n) is 6.60. The van der Waals surface area contributed by atoms with Crippen molar-refractivity contribution in [1.82, 2.24) is 5.32 Å². The molecule has 3 nitrogen and oxygen atoms in total. The first-order valence-corrected chi connectivity index (χ1v) is 6.60. The molecule has 0 aliphatic rings. The molecule has 0 aliphatic heterocycles. The van der Waals surface area contributed by atoms with Crippen LogP contribution < -0.4 is 5.32 Å². The lowest BCUT2D eigenvalue weighted by Gasteiger charge is -2.14. The predicted molar refractivity (Wildman–Crippen MR) is 68.9 cm³/mol. The molecule has 0 aromatic carbocycles. The van der Waals surface area contributed by atoms with E-state index in [1.807, 2.05) is 13.8 Å². The fourth-order valence-electron chi connectivity index (χ4n) is 1.43. The predicted octanol–water partition coefficient (Wildman–Crippen LogP) is 2.60. The molecule has 0 heterocycles. The zero-order chi connectivity index (χ0) is 12.2. The van der Waals surface area contributed by atoms with Crippen molar-refractivity contribution in [2.24, 2.45) is 0 Å². The molecular weight excluding hydrogens is 202 g/mol. The normalized spacial score (nSPS) is 13.3. The lowest BCUT2D eigenvalue weighted by Crippen LogP contribution is -2.19. The van der Waals surface area contributed by atoms with Crippen LogP contribution in [0.3, 0.4) is 0 Å². The Hall–Kier alpha value is -0.120. The summed E-state index contributed by atoms with van der Waals surface area (Å²) in [6.07, 6.45) is 4.17. The van der Waals surface area contributed by atoms with Gasteiger partial charge in [-0.2, -0.15) is 0 Å². The number of hydrogen-bond donors (Lipinski definition) is 1. The molecule has 0 saturated heterocycles. The maximum absolute atomic E-state index is 5.65. The van der Waals surface area contributed by atoms with Gasteiger partial charge in [0, 0.05) is 0 Å². The first-order chi connectivity index (χ1) is 7.66. The van der Waals surface area contributed by atoms with E-state index in [2.05, 4.69) is 19.2 Å². The second-order valence-electron chi connectivity index (χ2n) is 4.49. The van der Waals surface area contributed by atoms with Gasteiger partial charge in [-0.25, -0.2) is 0 Å². The molecule has 0 spiro atoms. The van der Waals surface area contributed by atoms with E-state index in [1.165, 1.54) is 12.8 Å². The zero-order valence-corrected chi connectivity index (χ0v) is 11.4. The minimum Gasteiger partial charge on any atom is -0.376 e. The lowest BCUT2D eigenvalue weighted by atomic mass is 10.2. The summed E-state index contributed by atoms with van der Waals surface area (Å²) in [5.74, 6) is 0. The Morgan fingerprint density at radius 1 is 1.00 bits per heavy atom. The SMILES string of the molecule is CCCNCCCC(C)OCCOC(C)C. The molecule has 16 heavy (non-hydrogen) atoms. The zero-order valence-electron chi connectivity index (χ0n) is 11.4. The third-order valence-corrected chi connectivity index (χ3v) is 2.33. The van der Waals surface area contributed by atoms with Gasteiger partial charge in [-0.05, 0) is 53.1 Å². The van der Waals surface area contributed by atoms with Crippen molar-refractivity contribution in [2.75, 3.05) is 26.3 Å². The van der Waals surface area contributed by atoms with E-state index in [4.69, 9.17) is 9.47 Å². The third kappa shape index (κ3) is 12.0. The highest BCUT2D eigenvalue weighted by Gasteiger charge is 2.02. The Balaban J connectivity index is 3.15. The van der Waals surface area contributed by atoms with Crippen LogP contribution in [0.5, 0.6) is 0 Å². The molecule has 1 unspecified atom stereocenters. The fourth-order valence-corrected chi connectivity index (χ4v) is 1.43. The van der Waals surface area contributed by atoms with E-state index in [9.17, 15) is 0 Å². The van der Waals surface area contributed by atoms with Crippen molar-refractivity contribution in [3.63, 3.8) is 0 Å². The van der Waals surface area contributed by atoms with Gasteiger partial charge < -0.3 is 14.8 Å². The highest BCUT2D eigenvalue weighted by molar-refractivity contribution is 4.53. The molecule has 3 heteroatoms. The molecule has 0 radical (unpaired) electrons. The fraction of sp³-hybridized carbons (Fsp3) is 1.00. The Morgan fingerprint density at radius 2 is 1.69 bits per heavy atom. The van der Waals surface area contributed by atoms with Crippen LogP contribution in [0.4, 0.5) is 0 Å². The number of rotatable bonds is 11. The Morgan fingerprint density at radius 3 is 2.31 bits per heavy atom. The summed E-state index contributed by atoms with van der Waals surface area (Å²) in [6.45, 7) is 12.0. The van der Waals surface area contributed by atoms with Gasteiger partial charge in [0.15, 0.2) is 0 Å². The quantitative estimate of drug-likeness (QED) is 0.554. The van der Waals surface area contributed by atoms with Gasteiger partial charge in [-0.15, -0.1) is 0 Å². The van der Waals surface area contributed by atoms with Gasteiger partial charge in [0.05, 0.1) is 25.4 Å². The maximum atomic E-state index is 5.65. The lowest BCUT2D eigenvalue weighted by molar-refractivity contribution is -0.00933. The van der Waals surface area contributed by atoms with Crippen LogP contribution in [0.25, 0.3) is 0 Å². The van der Waals surface area contributed by atoms with E-state index >= 15 is 0 Å². The van der Waals surface area contributed by atoms with Gasteiger partial charge in [0.25, 0.3) is 0 Å². The van der Waals surface area contributed by atoms with Crippen LogP contribution >= 0.6 is 0 Å². The van der Waals surface area contributed by atoms with E-state index in [1.54, 1.807) is 0 Å². The monoisotopic (exact) mass is 231 g/mol. The Labute approximate surface area is 101 Å². The Bertz CT molecular complexity index is 140. The number of nitrogens with one attached hydrogen (secondary N) is 1. The highest BCUT2D eigenvalue weighted by Crippen LogP contribution is 2.01. The maximum Gasteiger partial charge on any atom is 0.0704 e. The van der Waals surface area contributed by atoms with Gasteiger partial charge >= 0.3 is 0 Å². The molecule has 0 aromatic rings. The molecule has 0 rings (SSSR count). The van der Waals surface area contributed by atoms with Crippen LogP contribution in [0, 0.1) is 0 Å². The van der Waals surface area contributed by atoms with Crippen LogP contribution in [0.1, 0.15) is 47.0 Å². The molecule has 0 fully saturated rings. The Kier molecular flexibility index (Phi) is 11.3. The summed E-state index contributed by atoms with van der Waals surface area (Å²) in [7, 11) is 0. The molecular formula is C13H29NO2. The molecule has 98 valence electrons. The number of ether oxygens (including phenoxy) is 2. The summed E-state index contributed by atoms with van der Waals surface area (Å²) in [4.78, 5) is 0. The van der Waals surface area contributed by atoms with Gasteiger partial charge in [0.1, 0.15) is 0 Å². The minimum absolute atomic E-state index is 0.303. The summed E-state index contributed by atoms with van der Waals surface area (Å²) in [6, 6.07) is 0. The molecule has 0 aliphatic carbocycles. The van der Waals surface area contributed by atoms with Crippen LogP contribution in [0.2, 0.25) is 0 Å². The van der Waals surface area contributed by atoms with E-state index < -0.39 is 0 Å². The average molecular weight is 231 g/mol. The number of hydrogen-bond acceptors (Lipinski definition) is 3. The summed E-state index contributed by atoms with van der Waals surface area (Å²) in [5.41, 5.74) is 0. The van der Waals surface area contributed by atoms with Crippen LogP contribution in [0.15, 0.2) is 0 Å². The molecule has 1 atom stereocenters. The van der Waals surface area contributed by atoms with Gasteiger partial charge in [-0.3, -0.25) is 0 Å². The van der Waals surface area contributed by atoms with Crippen molar-refractivity contribution in [3.05, 3.63) is 0 Å². The average Bonchev–Trinajstić information content (AvgIpc) is 2.24. The topological polar surface area (TPSA) is 30.5 Å². The molecule has 0 bridgehead atoms. The van der Waals surface area contributed by atoms with E-state index in [-0.39, 0.29) is 0 Å². The van der Waals surface area contributed by atoms with Gasteiger partial charge in [-0.1, -0.05) is 6.92 Å². The smallest absolute Gasteiger partial charge is 0.0704 e. The van der Waals surface area contributed by atoms with E-state index in [0.29, 0.717) is 25.4 Å². The summed E-state index contributed by atoms with van der Waals surface area (Å²) in [5, 5.41) is 3.39. The van der Waals surface area contributed by atoms with Crippen molar-refractivity contribution in [2.45, 2.75) is 59.2 Å². The molecule has 1 N–H and O–H groups in total. The van der Waals surface area contributed by atoms with Crippen molar-refractivity contribution < 1.29 is 9.47 Å². The standard InChI is InChI=1S/C13H29NO2/c1-5-8-14-9-6-7-13(4)16-11-10-15-12(2)3/h12-14H,5-11H2,1-4H3. The second kappa shape index (κ2) is 11.4. The first kappa shape index (κ1) is 15.9. The van der Waals surface area contributed by atoms with Crippen molar-refractivity contribution in [1.29, 1.82) is 0 Å². The molecule has 0 aromatic heterocycles. The summed E-state index contributed by atoms with van der Waals surface area (Å²) < 4.78 is 11.1. The third-order valence-electron chi connectivity index (χ3n) is 2.33.